The second kappa shape index (κ2) is 6.03. The summed E-state index contributed by atoms with van der Waals surface area (Å²) in [5.74, 6) is 0. The Morgan fingerprint density at radius 3 is 2.61 bits per heavy atom. The van der Waals surface area contributed by atoms with E-state index in [4.69, 9.17) is 17.3 Å². The van der Waals surface area contributed by atoms with Gasteiger partial charge in [0.15, 0.2) is 0 Å². The Hall–Kier alpha value is -1.31. The lowest BCUT2D eigenvalue weighted by Crippen LogP contribution is -2.11. The fourth-order valence-corrected chi connectivity index (χ4v) is 2.40. The molecule has 0 aromatic heterocycles. The van der Waals surface area contributed by atoms with E-state index < -0.39 is 0 Å². The molecule has 94 valence electrons. The smallest absolute Gasteiger partial charge is 0.0453 e. The average molecular weight is 260 g/mol. The molecule has 1 unspecified atom stereocenters. The third kappa shape index (κ3) is 3.34. The molecule has 0 aliphatic heterocycles. The standard InChI is InChI=1S/C16H18ClN/c1-12-5-4-6-13(11-12)9-10-16(18)14-7-2-3-8-15(14)17/h2-8,11,16H,9-10,18H2,1H3. The number of nitrogens with two attached hydrogens (primary N) is 1. The molecule has 2 aromatic carbocycles. The monoisotopic (exact) mass is 259 g/mol. The Balaban J connectivity index is 2.00. The molecular formula is C16H18ClN. The summed E-state index contributed by atoms with van der Waals surface area (Å²) in [7, 11) is 0. The summed E-state index contributed by atoms with van der Waals surface area (Å²) in [6, 6.07) is 16.4. The van der Waals surface area contributed by atoms with Gasteiger partial charge in [-0.2, -0.15) is 0 Å². The van der Waals surface area contributed by atoms with Gasteiger partial charge in [0, 0.05) is 11.1 Å². The maximum absolute atomic E-state index is 6.20. The predicted molar refractivity (Wildman–Crippen MR) is 77.9 cm³/mol. The van der Waals surface area contributed by atoms with Gasteiger partial charge < -0.3 is 5.73 Å². The van der Waals surface area contributed by atoms with Crippen LogP contribution in [0.15, 0.2) is 48.5 Å². The minimum Gasteiger partial charge on any atom is -0.324 e. The van der Waals surface area contributed by atoms with Gasteiger partial charge in [-0.15, -0.1) is 0 Å². The van der Waals surface area contributed by atoms with Gasteiger partial charge in [0.05, 0.1) is 0 Å². The predicted octanol–water partition coefficient (Wildman–Crippen LogP) is 4.28. The van der Waals surface area contributed by atoms with Crippen molar-refractivity contribution in [2.45, 2.75) is 25.8 Å². The molecule has 2 heteroatoms. The zero-order valence-corrected chi connectivity index (χ0v) is 11.3. The molecule has 0 heterocycles. The van der Waals surface area contributed by atoms with Gasteiger partial charge in [-0.1, -0.05) is 59.6 Å². The van der Waals surface area contributed by atoms with E-state index in [9.17, 15) is 0 Å². The number of halogens is 1. The summed E-state index contributed by atoms with van der Waals surface area (Å²) in [6.07, 6.45) is 1.89. The lowest BCUT2D eigenvalue weighted by Gasteiger charge is -2.13. The lowest BCUT2D eigenvalue weighted by atomic mass is 9.99. The molecule has 0 spiro atoms. The summed E-state index contributed by atoms with van der Waals surface area (Å²) in [5, 5.41) is 0.759. The van der Waals surface area contributed by atoms with Gasteiger partial charge >= 0.3 is 0 Å². The van der Waals surface area contributed by atoms with Crippen molar-refractivity contribution in [2.24, 2.45) is 5.73 Å². The average Bonchev–Trinajstić information content (AvgIpc) is 2.37. The molecule has 2 N–H and O–H groups in total. The van der Waals surface area contributed by atoms with Gasteiger partial charge in [-0.25, -0.2) is 0 Å². The molecule has 0 aliphatic rings. The van der Waals surface area contributed by atoms with Crippen LogP contribution >= 0.6 is 11.6 Å². The molecule has 0 aliphatic carbocycles. The maximum Gasteiger partial charge on any atom is 0.0453 e. The SMILES string of the molecule is Cc1cccc(CCC(N)c2ccccc2Cl)c1. The third-order valence-electron chi connectivity index (χ3n) is 3.13. The van der Waals surface area contributed by atoms with Crippen LogP contribution in [0, 0.1) is 6.92 Å². The van der Waals surface area contributed by atoms with E-state index in [1.54, 1.807) is 0 Å². The zero-order valence-electron chi connectivity index (χ0n) is 10.6. The van der Waals surface area contributed by atoms with Crippen molar-refractivity contribution >= 4 is 11.6 Å². The van der Waals surface area contributed by atoms with Crippen molar-refractivity contribution in [1.82, 2.24) is 0 Å². The van der Waals surface area contributed by atoms with Crippen LogP contribution in [0.25, 0.3) is 0 Å². The summed E-state index contributed by atoms with van der Waals surface area (Å²) < 4.78 is 0. The van der Waals surface area contributed by atoms with E-state index in [1.807, 2.05) is 24.3 Å². The molecule has 0 amide bonds. The summed E-state index contributed by atoms with van der Waals surface area (Å²) in [5.41, 5.74) is 9.85. The van der Waals surface area contributed by atoms with Crippen LogP contribution in [0.5, 0.6) is 0 Å². The first-order chi connectivity index (χ1) is 8.66. The number of benzene rings is 2. The first-order valence-corrected chi connectivity index (χ1v) is 6.60. The third-order valence-corrected chi connectivity index (χ3v) is 3.48. The van der Waals surface area contributed by atoms with E-state index in [0.29, 0.717) is 0 Å². The van der Waals surface area contributed by atoms with Crippen molar-refractivity contribution in [1.29, 1.82) is 0 Å². The molecule has 18 heavy (non-hydrogen) atoms. The van der Waals surface area contributed by atoms with Crippen LogP contribution in [0.1, 0.15) is 29.2 Å². The van der Waals surface area contributed by atoms with Crippen LogP contribution in [-0.2, 0) is 6.42 Å². The molecule has 1 nitrogen and oxygen atoms in total. The molecule has 0 bridgehead atoms. The van der Waals surface area contributed by atoms with E-state index in [-0.39, 0.29) is 6.04 Å². The van der Waals surface area contributed by atoms with Crippen molar-refractivity contribution in [2.75, 3.05) is 0 Å². The highest BCUT2D eigenvalue weighted by Gasteiger charge is 2.09. The topological polar surface area (TPSA) is 26.0 Å². The molecule has 1 atom stereocenters. The minimum absolute atomic E-state index is 0.000729. The van der Waals surface area contributed by atoms with Crippen LogP contribution in [0.4, 0.5) is 0 Å². The van der Waals surface area contributed by atoms with Gasteiger partial charge in [-0.3, -0.25) is 0 Å². The van der Waals surface area contributed by atoms with Gasteiger partial charge in [0.25, 0.3) is 0 Å². The van der Waals surface area contributed by atoms with Gasteiger partial charge in [0.1, 0.15) is 0 Å². The summed E-state index contributed by atoms with van der Waals surface area (Å²) in [4.78, 5) is 0. The quantitative estimate of drug-likeness (QED) is 0.871. The highest BCUT2D eigenvalue weighted by molar-refractivity contribution is 6.31. The zero-order chi connectivity index (χ0) is 13.0. The van der Waals surface area contributed by atoms with Gasteiger partial charge in [-0.05, 0) is 37.0 Å². The second-order valence-electron chi connectivity index (χ2n) is 4.66. The van der Waals surface area contributed by atoms with Crippen molar-refractivity contribution in [3.05, 3.63) is 70.2 Å². The first kappa shape index (κ1) is 13.1. The summed E-state index contributed by atoms with van der Waals surface area (Å²) in [6.45, 7) is 2.11. The van der Waals surface area contributed by atoms with E-state index in [1.165, 1.54) is 11.1 Å². The molecule has 2 rings (SSSR count). The molecule has 0 saturated heterocycles. The molecule has 2 aromatic rings. The highest BCUT2D eigenvalue weighted by Crippen LogP contribution is 2.24. The van der Waals surface area contributed by atoms with E-state index in [0.717, 1.165) is 23.4 Å². The van der Waals surface area contributed by atoms with Crippen molar-refractivity contribution < 1.29 is 0 Å². The first-order valence-electron chi connectivity index (χ1n) is 6.22. The Morgan fingerprint density at radius 1 is 1.11 bits per heavy atom. The van der Waals surface area contributed by atoms with Crippen LogP contribution < -0.4 is 5.73 Å². The highest BCUT2D eigenvalue weighted by atomic mass is 35.5. The van der Waals surface area contributed by atoms with E-state index >= 15 is 0 Å². The summed E-state index contributed by atoms with van der Waals surface area (Å²) >= 11 is 6.15. The number of aryl methyl sites for hydroxylation is 2. The molecular weight excluding hydrogens is 242 g/mol. The lowest BCUT2D eigenvalue weighted by molar-refractivity contribution is 0.651. The van der Waals surface area contributed by atoms with Crippen LogP contribution in [0.3, 0.4) is 0 Å². The Bertz CT molecular complexity index is 522. The maximum atomic E-state index is 6.20. The number of rotatable bonds is 4. The molecule has 0 saturated carbocycles. The minimum atomic E-state index is -0.000729. The molecule has 0 radical (unpaired) electrons. The second-order valence-corrected chi connectivity index (χ2v) is 5.06. The van der Waals surface area contributed by atoms with Crippen molar-refractivity contribution in [3.8, 4) is 0 Å². The Labute approximate surface area is 114 Å². The van der Waals surface area contributed by atoms with Crippen molar-refractivity contribution in [3.63, 3.8) is 0 Å². The fraction of sp³-hybridized carbons (Fsp3) is 0.250. The largest absolute Gasteiger partial charge is 0.324 e. The fourth-order valence-electron chi connectivity index (χ4n) is 2.12. The number of hydrogen-bond donors (Lipinski definition) is 1. The Kier molecular flexibility index (Phi) is 4.40. The van der Waals surface area contributed by atoms with Crippen LogP contribution in [0.2, 0.25) is 5.02 Å². The number of hydrogen-bond acceptors (Lipinski definition) is 1. The molecule has 0 fully saturated rings. The van der Waals surface area contributed by atoms with Gasteiger partial charge in [0.2, 0.25) is 0 Å². The normalized spacial score (nSPS) is 12.4. The van der Waals surface area contributed by atoms with Crippen LogP contribution in [-0.4, -0.2) is 0 Å². The van der Waals surface area contributed by atoms with E-state index in [2.05, 4.69) is 31.2 Å². The Morgan fingerprint density at radius 2 is 1.89 bits per heavy atom.